The molecule has 0 unspecified atom stereocenters. The van der Waals surface area contributed by atoms with Crippen LogP contribution in [0.25, 0.3) is 11.1 Å². The van der Waals surface area contributed by atoms with Crippen LogP contribution in [0.4, 0.5) is 17.1 Å². The molecule has 0 heterocycles. The zero-order valence-corrected chi connectivity index (χ0v) is 19.4. The van der Waals surface area contributed by atoms with E-state index < -0.39 is 0 Å². The Kier molecular flexibility index (Phi) is 6.61. The van der Waals surface area contributed by atoms with Crippen LogP contribution in [0.2, 0.25) is 0 Å². The minimum atomic E-state index is 0.506. The van der Waals surface area contributed by atoms with Crippen LogP contribution in [0.5, 0.6) is 0 Å². The van der Waals surface area contributed by atoms with Crippen LogP contribution in [-0.2, 0) is 0 Å². The lowest BCUT2D eigenvalue weighted by atomic mass is 9.97. The van der Waals surface area contributed by atoms with E-state index in [0.717, 1.165) is 17.1 Å². The smallest absolute Gasteiger partial charge is 0.0708 e. The van der Waals surface area contributed by atoms with E-state index in [9.17, 15) is 0 Å². The monoisotopic (exact) mass is 420 g/mol. The zero-order valence-electron chi connectivity index (χ0n) is 19.4. The first-order valence-electron chi connectivity index (χ1n) is 11.4. The van der Waals surface area contributed by atoms with E-state index in [0.29, 0.717) is 11.8 Å². The van der Waals surface area contributed by atoms with Crippen LogP contribution < -0.4 is 10.4 Å². The van der Waals surface area contributed by atoms with E-state index in [4.69, 9.17) is 0 Å². The maximum absolute atomic E-state index is 3.63. The molecule has 2 nitrogen and oxygen atoms in total. The lowest BCUT2D eigenvalue weighted by molar-refractivity contribution is 0.866. The number of nitrogens with zero attached hydrogens (tertiary/aromatic N) is 1. The van der Waals surface area contributed by atoms with E-state index in [-0.39, 0.29) is 0 Å². The van der Waals surface area contributed by atoms with Crippen LogP contribution in [0.15, 0.2) is 103 Å². The van der Waals surface area contributed by atoms with Gasteiger partial charge in [-0.2, -0.15) is 0 Å². The summed E-state index contributed by atoms with van der Waals surface area (Å²) in [5.74, 6) is 1.03. The topological polar surface area (TPSA) is 15.3 Å². The van der Waals surface area contributed by atoms with Crippen LogP contribution in [0.3, 0.4) is 0 Å². The first kappa shape index (κ1) is 21.7. The molecule has 0 bridgehead atoms. The molecule has 32 heavy (non-hydrogen) atoms. The fourth-order valence-corrected chi connectivity index (χ4v) is 3.87. The number of hydrogen-bond donors (Lipinski definition) is 1. The van der Waals surface area contributed by atoms with Crippen LogP contribution in [0.1, 0.15) is 50.7 Å². The Bertz CT molecular complexity index is 1130. The second kappa shape index (κ2) is 9.74. The highest BCUT2D eigenvalue weighted by Crippen LogP contribution is 2.36. The average Bonchev–Trinajstić information content (AvgIpc) is 2.83. The number of para-hydroxylation sites is 2. The third kappa shape index (κ3) is 4.86. The Morgan fingerprint density at radius 3 is 1.69 bits per heavy atom. The Morgan fingerprint density at radius 1 is 0.562 bits per heavy atom. The molecule has 4 aromatic carbocycles. The molecule has 0 radical (unpaired) electrons. The molecular formula is C30H32N2. The maximum atomic E-state index is 3.63. The van der Waals surface area contributed by atoms with Crippen molar-refractivity contribution in [3.63, 3.8) is 0 Å². The summed E-state index contributed by atoms with van der Waals surface area (Å²) in [5.41, 5.74) is 12.0. The largest absolute Gasteiger partial charge is 0.294 e. The first-order valence-corrected chi connectivity index (χ1v) is 11.4. The normalized spacial score (nSPS) is 11.1. The van der Waals surface area contributed by atoms with Gasteiger partial charge in [0.25, 0.3) is 0 Å². The first-order chi connectivity index (χ1) is 15.5. The van der Waals surface area contributed by atoms with E-state index in [1.807, 2.05) is 6.07 Å². The summed E-state index contributed by atoms with van der Waals surface area (Å²) >= 11 is 0. The summed E-state index contributed by atoms with van der Waals surface area (Å²) in [6.07, 6.45) is 0. The Hall–Kier alpha value is -3.52. The van der Waals surface area contributed by atoms with Crippen molar-refractivity contribution in [1.82, 2.24) is 0 Å². The van der Waals surface area contributed by atoms with Gasteiger partial charge in [-0.15, -0.1) is 0 Å². The molecule has 0 amide bonds. The van der Waals surface area contributed by atoms with Crippen LogP contribution >= 0.6 is 0 Å². The van der Waals surface area contributed by atoms with Gasteiger partial charge in [0, 0.05) is 5.56 Å². The molecule has 0 spiro atoms. The molecule has 0 atom stereocenters. The van der Waals surface area contributed by atoms with Gasteiger partial charge in [0.1, 0.15) is 0 Å². The van der Waals surface area contributed by atoms with Gasteiger partial charge in [-0.25, -0.2) is 0 Å². The van der Waals surface area contributed by atoms with Crippen molar-refractivity contribution in [1.29, 1.82) is 0 Å². The molecule has 1 N–H and O–H groups in total. The highest BCUT2D eigenvalue weighted by molar-refractivity contribution is 5.84. The van der Waals surface area contributed by atoms with E-state index >= 15 is 0 Å². The summed E-state index contributed by atoms with van der Waals surface area (Å²) in [7, 11) is 0. The SMILES string of the molecule is CC(C)c1ccc(-c2ccccc2N(Nc2ccccc2)c2ccc(C(C)C)cc2)cc1. The highest BCUT2D eigenvalue weighted by atomic mass is 15.5. The van der Waals surface area contributed by atoms with Gasteiger partial charge in [0.05, 0.1) is 17.1 Å². The summed E-state index contributed by atoms with van der Waals surface area (Å²) in [6, 6.07) is 36.7. The van der Waals surface area contributed by atoms with E-state index in [1.165, 1.54) is 22.3 Å². The predicted octanol–water partition coefficient (Wildman–Crippen LogP) is 8.77. The molecule has 0 saturated heterocycles. The summed E-state index contributed by atoms with van der Waals surface area (Å²) in [5, 5.41) is 2.19. The van der Waals surface area contributed by atoms with Crippen LogP contribution in [0, 0.1) is 0 Å². The van der Waals surface area contributed by atoms with Crippen LogP contribution in [-0.4, -0.2) is 0 Å². The van der Waals surface area contributed by atoms with Crippen molar-refractivity contribution in [2.75, 3.05) is 10.4 Å². The van der Waals surface area contributed by atoms with Gasteiger partial charge < -0.3 is 0 Å². The van der Waals surface area contributed by atoms with E-state index in [1.54, 1.807) is 0 Å². The van der Waals surface area contributed by atoms with Gasteiger partial charge in [0.2, 0.25) is 0 Å². The van der Waals surface area contributed by atoms with Crippen molar-refractivity contribution >= 4 is 17.1 Å². The molecule has 4 rings (SSSR count). The summed E-state index contributed by atoms with van der Waals surface area (Å²) in [4.78, 5) is 0. The molecule has 0 saturated carbocycles. The van der Waals surface area contributed by atoms with E-state index in [2.05, 4.69) is 135 Å². The van der Waals surface area contributed by atoms with Crippen molar-refractivity contribution in [3.05, 3.63) is 114 Å². The molecule has 0 aliphatic rings. The molecule has 4 aromatic rings. The third-order valence-electron chi connectivity index (χ3n) is 5.87. The van der Waals surface area contributed by atoms with Gasteiger partial charge in [-0.3, -0.25) is 10.4 Å². The van der Waals surface area contributed by atoms with Crippen molar-refractivity contribution in [2.24, 2.45) is 0 Å². The average molecular weight is 421 g/mol. The molecule has 0 aliphatic heterocycles. The second-order valence-electron chi connectivity index (χ2n) is 8.85. The quantitative estimate of drug-likeness (QED) is 0.301. The second-order valence-corrected chi connectivity index (χ2v) is 8.85. The Morgan fingerprint density at radius 2 is 1.09 bits per heavy atom. The minimum absolute atomic E-state index is 0.506. The molecule has 0 fully saturated rings. The molecular weight excluding hydrogens is 388 g/mol. The molecule has 0 aromatic heterocycles. The lowest BCUT2D eigenvalue weighted by Crippen LogP contribution is -2.25. The van der Waals surface area contributed by atoms with Gasteiger partial charge in [0.15, 0.2) is 0 Å². The molecule has 162 valence electrons. The van der Waals surface area contributed by atoms with Gasteiger partial charge in [-0.1, -0.05) is 100 Å². The van der Waals surface area contributed by atoms with Crippen molar-refractivity contribution in [3.8, 4) is 11.1 Å². The minimum Gasteiger partial charge on any atom is -0.294 e. The summed E-state index contributed by atoms with van der Waals surface area (Å²) in [6.45, 7) is 8.92. The lowest BCUT2D eigenvalue weighted by Gasteiger charge is -2.29. The summed E-state index contributed by atoms with van der Waals surface area (Å²) < 4.78 is 0. The third-order valence-corrected chi connectivity index (χ3v) is 5.87. The number of hydrogen-bond acceptors (Lipinski definition) is 2. The Labute approximate surface area is 192 Å². The number of anilines is 3. The Balaban J connectivity index is 1.79. The number of hydrazine groups is 1. The van der Waals surface area contributed by atoms with Gasteiger partial charge in [-0.05, 0) is 58.9 Å². The number of rotatable bonds is 7. The standard InChI is InChI=1S/C30H32N2/c1-22(2)24-14-16-26(17-15-24)29-12-8-9-13-30(29)32(31-27-10-6-5-7-11-27)28-20-18-25(19-21-28)23(3)4/h5-23,31H,1-4H3. The number of benzene rings is 4. The van der Waals surface area contributed by atoms with Crippen molar-refractivity contribution in [2.45, 2.75) is 39.5 Å². The zero-order chi connectivity index (χ0) is 22.5. The fraction of sp³-hybridized carbons (Fsp3) is 0.200. The predicted molar refractivity (Wildman–Crippen MR) is 139 cm³/mol. The van der Waals surface area contributed by atoms with Crippen molar-refractivity contribution < 1.29 is 0 Å². The van der Waals surface area contributed by atoms with Gasteiger partial charge >= 0.3 is 0 Å². The molecule has 0 aliphatic carbocycles. The maximum Gasteiger partial charge on any atom is 0.0708 e. The molecule has 2 heteroatoms. The fourth-order valence-electron chi connectivity index (χ4n) is 3.87. The number of nitrogens with one attached hydrogen (secondary N) is 1. The highest BCUT2D eigenvalue weighted by Gasteiger charge is 2.15.